The quantitative estimate of drug-likeness (QED) is 0.337. The van der Waals surface area contributed by atoms with Crippen LogP contribution in [0.4, 0.5) is 5.69 Å². The molecule has 6 heteroatoms. The molecule has 0 unspecified atom stereocenters. The molecule has 1 aliphatic heterocycles. The smallest absolute Gasteiger partial charge is 0.266 e. The van der Waals surface area contributed by atoms with Gasteiger partial charge in [0.25, 0.3) is 5.91 Å². The Balaban J connectivity index is 1.47. The minimum absolute atomic E-state index is 0.0529. The first-order valence-electron chi connectivity index (χ1n) is 11.2. The average Bonchev–Trinajstić information content (AvgIpc) is 3.37. The Morgan fingerprint density at radius 2 is 1.74 bits per heavy atom. The molecule has 170 valence electrons. The van der Waals surface area contributed by atoms with E-state index in [0.717, 1.165) is 34.3 Å². The maximum atomic E-state index is 13.5. The van der Waals surface area contributed by atoms with Gasteiger partial charge in [0.15, 0.2) is 5.17 Å². The van der Waals surface area contributed by atoms with Crippen LogP contribution in [0.2, 0.25) is 0 Å². The fraction of sp³-hybridized carbons (Fsp3) is 0.143. The number of carbonyl (C=O) groups is 1. The second kappa shape index (κ2) is 9.23. The number of hydrogen-bond donors (Lipinski definition) is 2. The number of benzene rings is 3. The summed E-state index contributed by atoms with van der Waals surface area (Å²) < 4.78 is 0. The van der Waals surface area contributed by atoms with Crippen LogP contribution in [0, 0.1) is 13.8 Å². The van der Waals surface area contributed by atoms with E-state index in [2.05, 4.69) is 17.1 Å². The molecule has 1 amide bonds. The van der Waals surface area contributed by atoms with Crippen LogP contribution in [-0.2, 0) is 11.2 Å². The molecule has 0 spiro atoms. The van der Waals surface area contributed by atoms with E-state index >= 15 is 0 Å². The predicted molar refractivity (Wildman–Crippen MR) is 140 cm³/mol. The van der Waals surface area contributed by atoms with Crippen molar-refractivity contribution in [2.75, 3.05) is 6.54 Å². The van der Waals surface area contributed by atoms with Crippen LogP contribution in [0.15, 0.2) is 82.8 Å². The van der Waals surface area contributed by atoms with Crippen LogP contribution in [0.3, 0.4) is 0 Å². The summed E-state index contributed by atoms with van der Waals surface area (Å²) in [4.78, 5) is 24.0. The third-order valence-electron chi connectivity index (χ3n) is 5.96. The number of rotatable bonds is 5. The second-order valence-corrected chi connectivity index (χ2v) is 9.42. The van der Waals surface area contributed by atoms with E-state index in [1.54, 1.807) is 4.90 Å². The zero-order chi connectivity index (χ0) is 23.7. The summed E-state index contributed by atoms with van der Waals surface area (Å²) in [6, 6.07) is 21.7. The van der Waals surface area contributed by atoms with Gasteiger partial charge in [-0.3, -0.25) is 9.69 Å². The number of aromatic amines is 1. The minimum Gasteiger partial charge on any atom is -0.507 e. The van der Waals surface area contributed by atoms with Crippen LogP contribution in [0.25, 0.3) is 17.0 Å². The largest absolute Gasteiger partial charge is 0.507 e. The van der Waals surface area contributed by atoms with Gasteiger partial charge in [0.1, 0.15) is 5.75 Å². The number of amidine groups is 1. The summed E-state index contributed by atoms with van der Waals surface area (Å²) in [5.74, 6) is 0.238. The van der Waals surface area contributed by atoms with Crippen molar-refractivity contribution in [2.24, 2.45) is 4.99 Å². The van der Waals surface area contributed by atoms with E-state index in [0.29, 0.717) is 22.4 Å². The average molecular weight is 468 g/mol. The standard InChI is InChI=1S/C28H25N3O2S/c1-18-14-20(15-19(2)26(18)32)16-25-27(33)31(28(34-25)30-22-8-4-3-5-9-22)13-12-21-17-29-24-11-7-6-10-23(21)24/h3-11,14-17,29,32H,12-13H2,1-2H3. The Kier molecular flexibility index (Phi) is 5.99. The molecule has 0 atom stereocenters. The van der Waals surface area contributed by atoms with Crippen LogP contribution in [0.1, 0.15) is 22.3 Å². The number of nitrogens with one attached hydrogen (secondary N) is 1. The van der Waals surface area contributed by atoms with E-state index in [4.69, 9.17) is 4.99 Å². The topological polar surface area (TPSA) is 68.7 Å². The van der Waals surface area contributed by atoms with Gasteiger partial charge in [0, 0.05) is 23.6 Å². The SMILES string of the molecule is Cc1cc(C=C2SC(=Nc3ccccc3)N(CCc3c[nH]c4ccccc34)C2=O)cc(C)c1O. The molecule has 34 heavy (non-hydrogen) atoms. The van der Waals surface area contributed by atoms with E-state index in [1.165, 1.54) is 22.7 Å². The summed E-state index contributed by atoms with van der Waals surface area (Å²) in [6.07, 6.45) is 4.62. The molecule has 0 saturated carbocycles. The number of aliphatic imine (C=N–C) groups is 1. The van der Waals surface area contributed by atoms with Crippen molar-refractivity contribution in [3.63, 3.8) is 0 Å². The molecular formula is C28H25N3O2S. The molecule has 1 aromatic heterocycles. The number of aromatic nitrogens is 1. The molecular weight excluding hydrogens is 442 g/mol. The number of hydrogen-bond acceptors (Lipinski definition) is 4. The number of aromatic hydroxyl groups is 1. The third kappa shape index (κ3) is 4.37. The van der Waals surface area contributed by atoms with Crippen molar-refractivity contribution in [1.82, 2.24) is 9.88 Å². The lowest BCUT2D eigenvalue weighted by Crippen LogP contribution is -2.31. The van der Waals surface area contributed by atoms with Gasteiger partial charge in [0.05, 0.1) is 10.6 Å². The number of phenols is 1. The lowest BCUT2D eigenvalue weighted by atomic mass is 10.1. The first-order chi connectivity index (χ1) is 16.5. The van der Waals surface area contributed by atoms with Gasteiger partial charge < -0.3 is 10.1 Å². The monoisotopic (exact) mass is 467 g/mol. The Morgan fingerprint density at radius 1 is 1.03 bits per heavy atom. The van der Waals surface area contributed by atoms with Gasteiger partial charge in [-0.25, -0.2) is 4.99 Å². The molecule has 3 aromatic carbocycles. The Hall–Kier alpha value is -3.77. The zero-order valence-corrected chi connectivity index (χ0v) is 19.9. The summed E-state index contributed by atoms with van der Waals surface area (Å²) in [5.41, 5.74) is 5.55. The first kappa shape index (κ1) is 22.0. The lowest BCUT2D eigenvalue weighted by molar-refractivity contribution is -0.122. The summed E-state index contributed by atoms with van der Waals surface area (Å²) in [6.45, 7) is 4.26. The molecule has 5 rings (SSSR count). The van der Waals surface area contributed by atoms with Gasteiger partial charge in [-0.1, -0.05) is 36.4 Å². The fourth-order valence-electron chi connectivity index (χ4n) is 4.20. The molecule has 0 bridgehead atoms. The van der Waals surface area contributed by atoms with E-state index in [1.807, 2.05) is 80.7 Å². The minimum atomic E-state index is -0.0529. The highest BCUT2D eigenvalue weighted by atomic mass is 32.2. The van der Waals surface area contributed by atoms with Crippen molar-refractivity contribution in [3.8, 4) is 5.75 Å². The molecule has 0 radical (unpaired) electrons. The van der Waals surface area contributed by atoms with Crippen molar-refractivity contribution < 1.29 is 9.90 Å². The van der Waals surface area contributed by atoms with Gasteiger partial charge in [-0.2, -0.15) is 0 Å². The van der Waals surface area contributed by atoms with Crippen molar-refractivity contribution in [2.45, 2.75) is 20.3 Å². The van der Waals surface area contributed by atoms with Crippen molar-refractivity contribution in [1.29, 1.82) is 0 Å². The molecule has 5 nitrogen and oxygen atoms in total. The zero-order valence-electron chi connectivity index (χ0n) is 19.1. The molecule has 0 aliphatic carbocycles. The van der Waals surface area contributed by atoms with Gasteiger partial charge in [-0.05, 0) is 90.7 Å². The Morgan fingerprint density at radius 3 is 2.50 bits per heavy atom. The number of aryl methyl sites for hydroxylation is 2. The van der Waals surface area contributed by atoms with Gasteiger partial charge >= 0.3 is 0 Å². The number of H-pyrrole nitrogens is 1. The number of para-hydroxylation sites is 2. The van der Waals surface area contributed by atoms with Crippen LogP contribution >= 0.6 is 11.8 Å². The number of carbonyl (C=O) groups excluding carboxylic acids is 1. The highest BCUT2D eigenvalue weighted by Gasteiger charge is 2.33. The summed E-state index contributed by atoms with van der Waals surface area (Å²) >= 11 is 1.39. The second-order valence-electron chi connectivity index (χ2n) is 8.41. The number of fused-ring (bicyclic) bond motifs is 1. The summed E-state index contributed by atoms with van der Waals surface area (Å²) in [7, 11) is 0. The number of amides is 1. The van der Waals surface area contributed by atoms with E-state index in [9.17, 15) is 9.90 Å². The predicted octanol–water partition coefficient (Wildman–Crippen LogP) is 6.34. The molecule has 2 heterocycles. The van der Waals surface area contributed by atoms with Crippen LogP contribution < -0.4 is 0 Å². The van der Waals surface area contributed by atoms with E-state index < -0.39 is 0 Å². The van der Waals surface area contributed by atoms with Crippen LogP contribution in [0.5, 0.6) is 5.75 Å². The van der Waals surface area contributed by atoms with Crippen LogP contribution in [-0.4, -0.2) is 32.6 Å². The maximum Gasteiger partial charge on any atom is 0.266 e. The first-order valence-corrected chi connectivity index (χ1v) is 12.0. The maximum absolute atomic E-state index is 13.5. The Labute approximate surface area is 202 Å². The normalized spacial score (nSPS) is 16.3. The molecule has 4 aromatic rings. The van der Waals surface area contributed by atoms with Crippen molar-refractivity contribution in [3.05, 3.63) is 100 Å². The molecule has 1 fully saturated rings. The number of thioether (sulfide) groups is 1. The highest BCUT2D eigenvalue weighted by molar-refractivity contribution is 8.18. The van der Waals surface area contributed by atoms with E-state index in [-0.39, 0.29) is 5.91 Å². The lowest BCUT2D eigenvalue weighted by Gasteiger charge is -2.15. The number of nitrogens with zero attached hydrogens (tertiary/aromatic N) is 2. The van der Waals surface area contributed by atoms with Gasteiger partial charge in [0.2, 0.25) is 0 Å². The summed E-state index contributed by atoms with van der Waals surface area (Å²) in [5, 5.41) is 12.0. The molecule has 1 aliphatic rings. The van der Waals surface area contributed by atoms with Gasteiger partial charge in [-0.15, -0.1) is 0 Å². The fourth-order valence-corrected chi connectivity index (χ4v) is 5.22. The van der Waals surface area contributed by atoms with Crippen molar-refractivity contribution >= 4 is 45.5 Å². The third-order valence-corrected chi connectivity index (χ3v) is 6.97. The Bertz CT molecular complexity index is 1410. The number of phenolic OH excluding ortho intramolecular Hbond substituents is 1. The molecule has 2 N–H and O–H groups in total. The highest BCUT2D eigenvalue weighted by Crippen LogP contribution is 2.35. The molecule has 1 saturated heterocycles.